The van der Waals surface area contributed by atoms with Gasteiger partial charge in [-0.1, -0.05) is 32.9 Å². The van der Waals surface area contributed by atoms with Crippen LogP contribution in [-0.4, -0.2) is 15.8 Å². The number of hydrogen-bond acceptors (Lipinski definition) is 3. The monoisotopic (exact) mass is 382 g/mol. The van der Waals surface area contributed by atoms with Crippen molar-refractivity contribution in [3.8, 4) is 0 Å². The van der Waals surface area contributed by atoms with E-state index in [-0.39, 0.29) is 46.5 Å². The third-order valence-corrected chi connectivity index (χ3v) is 5.89. The van der Waals surface area contributed by atoms with E-state index in [4.69, 9.17) is 0 Å². The van der Waals surface area contributed by atoms with Gasteiger partial charge in [0.1, 0.15) is 17.3 Å². The zero-order valence-corrected chi connectivity index (χ0v) is 16.7. The topological polar surface area (TPSA) is 62.8 Å². The van der Waals surface area contributed by atoms with E-state index in [2.05, 4.69) is 30.7 Å². The number of carbonyl (C=O) groups excluding carboxylic acids is 1. The molecular weight excluding hydrogens is 355 g/mol. The molecule has 0 radical (unpaired) electrons. The number of rotatable bonds is 6. The lowest BCUT2D eigenvalue weighted by atomic mass is 9.73. The SMILES string of the molecule is CC(C)(C)[C@@H](CC(=O)c1cc(=O)[nH]c(C2CC2)n1)c1ccc(C2CC2)c(F)c1. The number of H-pyrrole nitrogens is 1. The summed E-state index contributed by atoms with van der Waals surface area (Å²) in [6.07, 6.45) is 4.30. The van der Waals surface area contributed by atoms with Crippen LogP contribution in [0.4, 0.5) is 4.39 Å². The zero-order valence-electron chi connectivity index (χ0n) is 16.7. The molecule has 2 aliphatic carbocycles. The quantitative estimate of drug-likeness (QED) is 0.710. The van der Waals surface area contributed by atoms with Gasteiger partial charge in [0.05, 0.1) is 0 Å². The Morgan fingerprint density at radius 3 is 2.43 bits per heavy atom. The molecule has 1 heterocycles. The Balaban J connectivity index is 1.61. The van der Waals surface area contributed by atoms with Gasteiger partial charge in [0.25, 0.3) is 5.56 Å². The van der Waals surface area contributed by atoms with Crippen molar-refractivity contribution in [2.24, 2.45) is 5.41 Å². The summed E-state index contributed by atoms with van der Waals surface area (Å²) < 4.78 is 14.6. The van der Waals surface area contributed by atoms with Crippen LogP contribution in [0.3, 0.4) is 0 Å². The van der Waals surface area contributed by atoms with Crippen LogP contribution in [0, 0.1) is 11.2 Å². The zero-order chi connectivity index (χ0) is 20.1. The first kappa shape index (κ1) is 19.0. The number of carbonyl (C=O) groups is 1. The van der Waals surface area contributed by atoms with E-state index in [1.165, 1.54) is 6.07 Å². The fourth-order valence-corrected chi connectivity index (χ4v) is 3.87. The predicted molar refractivity (Wildman–Crippen MR) is 106 cm³/mol. The van der Waals surface area contributed by atoms with Crippen molar-refractivity contribution in [1.29, 1.82) is 0 Å². The van der Waals surface area contributed by atoms with Gasteiger partial charge in [-0.2, -0.15) is 0 Å². The molecule has 0 amide bonds. The van der Waals surface area contributed by atoms with Gasteiger partial charge in [0.15, 0.2) is 5.78 Å². The Hall–Kier alpha value is -2.30. The maximum Gasteiger partial charge on any atom is 0.251 e. The minimum atomic E-state index is -0.285. The van der Waals surface area contributed by atoms with Crippen LogP contribution in [0.25, 0.3) is 0 Å². The lowest BCUT2D eigenvalue weighted by molar-refractivity contribution is 0.0945. The maximum absolute atomic E-state index is 14.6. The molecule has 2 aromatic rings. The Bertz CT molecular complexity index is 965. The first-order valence-corrected chi connectivity index (χ1v) is 10.2. The molecule has 1 N–H and O–H groups in total. The van der Waals surface area contributed by atoms with Crippen LogP contribution >= 0.6 is 0 Å². The van der Waals surface area contributed by atoms with Gasteiger partial charge in [0, 0.05) is 18.4 Å². The number of Topliss-reactive ketones (excluding diaryl/α,β-unsaturated/α-hetero) is 1. The van der Waals surface area contributed by atoms with Gasteiger partial charge in [-0.3, -0.25) is 9.59 Å². The molecule has 1 aromatic heterocycles. The molecule has 1 aromatic carbocycles. The summed E-state index contributed by atoms with van der Waals surface area (Å²) in [6, 6.07) is 6.71. The van der Waals surface area contributed by atoms with Gasteiger partial charge in [0.2, 0.25) is 0 Å². The van der Waals surface area contributed by atoms with Crippen molar-refractivity contribution in [2.75, 3.05) is 0 Å². The Labute approximate surface area is 164 Å². The molecule has 28 heavy (non-hydrogen) atoms. The summed E-state index contributed by atoms with van der Waals surface area (Å²) in [6.45, 7) is 6.16. The van der Waals surface area contributed by atoms with Crippen LogP contribution in [0.1, 0.15) is 98.1 Å². The van der Waals surface area contributed by atoms with Gasteiger partial charge < -0.3 is 4.98 Å². The standard InChI is InChI=1S/C23H27FN2O2/c1-23(2,3)17(15-8-9-16(13-4-5-13)18(24)10-15)11-20(27)19-12-21(28)26-22(25-19)14-6-7-14/h8-10,12-14,17H,4-7,11H2,1-3H3,(H,25,26,28)/t17-/m0/s1. The molecular formula is C23H27FN2O2. The Kier molecular flexibility index (Phi) is 4.72. The first-order valence-electron chi connectivity index (χ1n) is 10.2. The average Bonchev–Trinajstić information content (AvgIpc) is 3.50. The van der Waals surface area contributed by atoms with E-state index < -0.39 is 0 Å². The van der Waals surface area contributed by atoms with Crippen molar-refractivity contribution >= 4 is 5.78 Å². The fourth-order valence-electron chi connectivity index (χ4n) is 3.87. The normalized spacial score (nSPS) is 18.1. The molecule has 1 atom stereocenters. The number of ketones is 1. The lowest BCUT2D eigenvalue weighted by Gasteiger charge is -2.31. The predicted octanol–water partition coefficient (Wildman–Crippen LogP) is 5.07. The van der Waals surface area contributed by atoms with Crippen LogP contribution in [-0.2, 0) is 0 Å². The molecule has 2 aliphatic rings. The number of nitrogens with zero attached hydrogens (tertiary/aromatic N) is 1. The maximum atomic E-state index is 14.6. The highest BCUT2D eigenvalue weighted by Crippen LogP contribution is 2.44. The van der Waals surface area contributed by atoms with Crippen LogP contribution in [0.5, 0.6) is 0 Å². The minimum Gasteiger partial charge on any atom is -0.310 e. The van der Waals surface area contributed by atoms with Gasteiger partial charge in [-0.15, -0.1) is 0 Å². The first-order chi connectivity index (χ1) is 13.2. The fraction of sp³-hybridized carbons (Fsp3) is 0.522. The molecule has 2 saturated carbocycles. The molecule has 0 spiro atoms. The summed E-state index contributed by atoms with van der Waals surface area (Å²) >= 11 is 0. The van der Waals surface area contributed by atoms with E-state index >= 15 is 0 Å². The van der Waals surface area contributed by atoms with Gasteiger partial charge in [-0.25, -0.2) is 9.37 Å². The lowest BCUT2D eigenvalue weighted by Crippen LogP contribution is -2.23. The Morgan fingerprint density at radius 1 is 1.18 bits per heavy atom. The van der Waals surface area contributed by atoms with Crippen molar-refractivity contribution in [3.63, 3.8) is 0 Å². The number of aromatic nitrogens is 2. The molecule has 5 heteroatoms. The number of aromatic amines is 1. The van der Waals surface area contributed by atoms with Crippen molar-refractivity contribution in [1.82, 2.24) is 9.97 Å². The smallest absolute Gasteiger partial charge is 0.251 e. The molecule has 0 saturated heterocycles. The third kappa shape index (κ3) is 4.08. The highest BCUT2D eigenvalue weighted by molar-refractivity contribution is 5.94. The average molecular weight is 382 g/mol. The van der Waals surface area contributed by atoms with Crippen molar-refractivity contribution in [2.45, 2.75) is 70.6 Å². The summed E-state index contributed by atoms with van der Waals surface area (Å²) in [5.74, 6) is 0.732. The second kappa shape index (κ2) is 6.94. The third-order valence-electron chi connectivity index (χ3n) is 5.89. The molecule has 0 unspecified atom stereocenters. The van der Waals surface area contributed by atoms with Crippen LogP contribution in [0.15, 0.2) is 29.1 Å². The molecule has 2 fully saturated rings. The van der Waals surface area contributed by atoms with E-state index in [9.17, 15) is 14.0 Å². The second-order valence-corrected chi connectivity index (χ2v) is 9.39. The number of halogens is 1. The van der Waals surface area contributed by atoms with Crippen molar-refractivity contribution < 1.29 is 9.18 Å². The number of nitrogens with one attached hydrogen (secondary N) is 1. The van der Waals surface area contributed by atoms with Crippen molar-refractivity contribution in [3.05, 3.63) is 63.1 Å². The van der Waals surface area contributed by atoms with Gasteiger partial charge in [-0.05, 0) is 60.1 Å². The molecule has 4 rings (SSSR count). The molecule has 4 nitrogen and oxygen atoms in total. The minimum absolute atomic E-state index is 0.159. The highest BCUT2D eigenvalue weighted by atomic mass is 19.1. The molecule has 0 aliphatic heterocycles. The number of benzene rings is 1. The van der Waals surface area contributed by atoms with Crippen LogP contribution in [0.2, 0.25) is 0 Å². The Morgan fingerprint density at radius 2 is 1.86 bits per heavy atom. The second-order valence-electron chi connectivity index (χ2n) is 9.39. The molecule has 148 valence electrons. The van der Waals surface area contributed by atoms with E-state index in [0.29, 0.717) is 11.7 Å². The summed E-state index contributed by atoms with van der Waals surface area (Å²) in [5.41, 5.74) is 1.31. The van der Waals surface area contributed by atoms with E-state index in [1.54, 1.807) is 6.07 Å². The highest BCUT2D eigenvalue weighted by Gasteiger charge is 2.32. The molecule has 0 bridgehead atoms. The summed E-state index contributed by atoms with van der Waals surface area (Å²) in [5, 5.41) is 0. The van der Waals surface area contributed by atoms with Crippen LogP contribution < -0.4 is 5.56 Å². The van der Waals surface area contributed by atoms with E-state index in [0.717, 1.165) is 36.8 Å². The summed E-state index contributed by atoms with van der Waals surface area (Å²) in [7, 11) is 0. The summed E-state index contributed by atoms with van der Waals surface area (Å²) in [4.78, 5) is 32.1. The largest absolute Gasteiger partial charge is 0.310 e. The van der Waals surface area contributed by atoms with Gasteiger partial charge >= 0.3 is 0 Å². The van der Waals surface area contributed by atoms with E-state index in [1.807, 2.05) is 12.1 Å². The number of hydrogen-bond donors (Lipinski definition) is 1.